The molecular formula is C17H22O. The maximum Gasteiger partial charge on any atom is 0.0517 e. The molecule has 0 radical (unpaired) electrons. The highest BCUT2D eigenvalue weighted by atomic mass is 16.3. The average Bonchev–Trinajstić information content (AvgIpc) is 2.36. The van der Waals surface area contributed by atoms with E-state index in [1.807, 2.05) is 6.92 Å². The number of benzene rings is 2. The Kier molecular flexibility index (Phi) is 4.03. The van der Waals surface area contributed by atoms with Gasteiger partial charge in [0.05, 0.1) is 6.10 Å². The average molecular weight is 242 g/mol. The molecule has 18 heavy (non-hydrogen) atoms. The van der Waals surface area contributed by atoms with Crippen LogP contribution in [0.3, 0.4) is 0 Å². The van der Waals surface area contributed by atoms with Gasteiger partial charge in [-0.2, -0.15) is 0 Å². The van der Waals surface area contributed by atoms with Crippen LogP contribution >= 0.6 is 0 Å². The van der Waals surface area contributed by atoms with Crippen molar-refractivity contribution in [1.82, 2.24) is 0 Å². The number of hydrogen-bond donors (Lipinski definition) is 1. The van der Waals surface area contributed by atoms with Crippen LogP contribution in [0.4, 0.5) is 0 Å². The molecule has 0 aliphatic rings. The van der Waals surface area contributed by atoms with Gasteiger partial charge >= 0.3 is 0 Å². The van der Waals surface area contributed by atoms with Crippen molar-refractivity contribution in [1.29, 1.82) is 0 Å². The lowest BCUT2D eigenvalue weighted by atomic mass is 9.89. The molecular weight excluding hydrogens is 220 g/mol. The fourth-order valence-corrected chi connectivity index (χ4v) is 2.76. The van der Waals surface area contributed by atoms with Crippen LogP contribution in [0.15, 0.2) is 36.4 Å². The van der Waals surface area contributed by atoms with E-state index in [4.69, 9.17) is 0 Å². The molecule has 2 atom stereocenters. The Hall–Kier alpha value is -1.34. The molecule has 2 aromatic carbocycles. The highest BCUT2D eigenvalue weighted by Crippen LogP contribution is 2.30. The maximum absolute atomic E-state index is 9.56. The lowest BCUT2D eigenvalue weighted by Gasteiger charge is -2.17. The molecule has 0 aliphatic carbocycles. The molecule has 0 amide bonds. The minimum absolute atomic E-state index is 0.246. The second-order valence-corrected chi connectivity index (χ2v) is 5.20. The van der Waals surface area contributed by atoms with Crippen LogP contribution in [0, 0.1) is 0 Å². The van der Waals surface area contributed by atoms with Crippen LogP contribution in [0.1, 0.15) is 44.2 Å². The highest BCUT2D eigenvalue weighted by Gasteiger charge is 2.13. The molecule has 0 saturated heterocycles. The molecule has 96 valence electrons. The summed E-state index contributed by atoms with van der Waals surface area (Å²) in [5, 5.41) is 12.3. The number of aliphatic hydroxyl groups excluding tert-OH is 1. The van der Waals surface area contributed by atoms with Crippen molar-refractivity contribution < 1.29 is 5.11 Å². The van der Waals surface area contributed by atoms with Crippen LogP contribution in [0.2, 0.25) is 0 Å². The van der Waals surface area contributed by atoms with Gasteiger partial charge in [0.15, 0.2) is 0 Å². The van der Waals surface area contributed by atoms with Crippen molar-refractivity contribution in [3.63, 3.8) is 0 Å². The Balaban J connectivity index is 2.52. The van der Waals surface area contributed by atoms with E-state index >= 15 is 0 Å². The molecule has 0 aliphatic heterocycles. The first-order valence-corrected chi connectivity index (χ1v) is 6.82. The number of rotatable bonds is 4. The standard InChI is InChI=1S/C17H22O/c1-4-14-9-10-15(12(2)11-13(3)18)17-8-6-5-7-16(14)17/h5-10,12-13,18H,4,11H2,1-3H3/t12-,13+/m0/s1. The SMILES string of the molecule is CCc1ccc([C@@H](C)C[C@@H](C)O)c2ccccc12. The summed E-state index contributed by atoms with van der Waals surface area (Å²) >= 11 is 0. The summed E-state index contributed by atoms with van der Waals surface area (Å²) in [7, 11) is 0. The Bertz CT molecular complexity index is 528. The third-order valence-electron chi connectivity index (χ3n) is 3.65. The minimum Gasteiger partial charge on any atom is -0.393 e. The van der Waals surface area contributed by atoms with Gasteiger partial charge in [0.25, 0.3) is 0 Å². The van der Waals surface area contributed by atoms with Crippen molar-refractivity contribution in [2.75, 3.05) is 0 Å². The second kappa shape index (κ2) is 5.53. The largest absolute Gasteiger partial charge is 0.393 e. The van der Waals surface area contributed by atoms with Gasteiger partial charge in [-0.05, 0) is 47.6 Å². The minimum atomic E-state index is -0.246. The Morgan fingerprint density at radius 1 is 1.00 bits per heavy atom. The number of hydrogen-bond acceptors (Lipinski definition) is 1. The summed E-state index contributed by atoms with van der Waals surface area (Å²) in [6, 6.07) is 13.1. The van der Waals surface area contributed by atoms with Gasteiger partial charge in [-0.1, -0.05) is 50.2 Å². The molecule has 0 aromatic heterocycles. The second-order valence-electron chi connectivity index (χ2n) is 5.20. The molecule has 1 N–H and O–H groups in total. The zero-order chi connectivity index (χ0) is 13.1. The monoisotopic (exact) mass is 242 g/mol. The first-order valence-electron chi connectivity index (χ1n) is 6.82. The first-order chi connectivity index (χ1) is 8.63. The Labute approximate surface area is 109 Å². The molecule has 1 nitrogen and oxygen atoms in total. The summed E-state index contributed by atoms with van der Waals surface area (Å²) in [5.41, 5.74) is 2.75. The van der Waals surface area contributed by atoms with Crippen molar-refractivity contribution in [3.05, 3.63) is 47.5 Å². The van der Waals surface area contributed by atoms with E-state index in [1.165, 1.54) is 21.9 Å². The number of aliphatic hydroxyl groups is 1. The zero-order valence-electron chi connectivity index (χ0n) is 11.5. The molecule has 0 spiro atoms. The molecule has 2 aromatic rings. The normalized spacial score (nSPS) is 14.7. The van der Waals surface area contributed by atoms with E-state index in [-0.39, 0.29) is 6.10 Å². The van der Waals surface area contributed by atoms with Crippen LogP contribution < -0.4 is 0 Å². The summed E-state index contributed by atoms with van der Waals surface area (Å²) < 4.78 is 0. The van der Waals surface area contributed by atoms with Crippen molar-refractivity contribution in [3.8, 4) is 0 Å². The van der Waals surface area contributed by atoms with Crippen LogP contribution in [0.5, 0.6) is 0 Å². The van der Waals surface area contributed by atoms with E-state index in [0.29, 0.717) is 5.92 Å². The third kappa shape index (κ3) is 2.56. The van der Waals surface area contributed by atoms with Gasteiger partial charge in [0, 0.05) is 0 Å². The van der Waals surface area contributed by atoms with Gasteiger partial charge in [-0.15, -0.1) is 0 Å². The summed E-state index contributed by atoms with van der Waals surface area (Å²) in [5.74, 6) is 0.390. The Morgan fingerprint density at radius 2 is 1.67 bits per heavy atom. The summed E-state index contributed by atoms with van der Waals surface area (Å²) in [6.45, 7) is 6.25. The van der Waals surface area contributed by atoms with Crippen LogP contribution in [0.25, 0.3) is 10.8 Å². The van der Waals surface area contributed by atoms with Gasteiger partial charge in [-0.3, -0.25) is 0 Å². The highest BCUT2D eigenvalue weighted by molar-refractivity contribution is 5.89. The first kappa shape index (κ1) is 13.1. The smallest absolute Gasteiger partial charge is 0.0517 e. The van der Waals surface area contributed by atoms with Crippen LogP contribution in [-0.2, 0) is 6.42 Å². The molecule has 0 fully saturated rings. The summed E-state index contributed by atoms with van der Waals surface area (Å²) in [4.78, 5) is 0. The predicted molar refractivity (Wildman–Crippen MR) is 78.0 cm³/mol. The lowest BCUT2D eigenvalue weighted by molar-refractivity contribution is 0.177. The summed E-state index contributed by atoms with van der Waals surface area (Å²) in [6.07, 6.45) is 1.63. The van der Waals surface area contributed by atoms with E-state index in [0.717, 1.165) is 12.8 Å². The molecule has 2 rings (SSSR count). The van der Waals surface area contributed by atoms with Crippen molar-refractivity contribution in [2.45, 2.75) is 45.6 Å². The fraction of sp³-hybridized carbons (Fsp3) is 0.412. The molecule has 0 heterocycles. The van der Waals surface area contributed by atoms with Gasteiger partial charge in [-0.25, -0.2) is 0 Å². The molecule has 0 bridgehead atoms. The van der Waals surface area contributed by atoms with E-state index in [2.05, 4.69) is 50.2 Å². The number of fused-ring (bicyclic) bond motifs is 1. The van der Waals surface area contributed by atoms with Crippen molar-refractivity contribution in [2.24, 2.45) is 0 Å². The lowest BCUT2D eigenvalue weighted by Crippen LogP contribution is -2.06. The van der Waals surface area contributed by atoms with Gasteiger partial charge in [0.2, 0.25) is 0 Å². The van der Waals surface area contributed by atoms with Gasteiger partial charge in [0.1, 0.15) is 0 Å². The van der Waals surface area contributed by atoms with Crippen molar-refractivity contribution >= 4 is 10.8 Å². The van der Waals surface area contributed by atoms with Gasteiger partial charge < -0.3 is 5.11 Å². The predicted octanol–water partition coefficient (Wildman–Crippen LogP) is 4.28. The number of aryl methyl sites for hydroxylation is 1. The third-order valence-corrected chi connectivity index (χ3v) is 3.65. The Morgan fingerprint density at radius 3 is 2.28 bits per heavy atom. The van der Waals surface area contributed by atoms with E-state index < -0.39 is 0 Å². The fourth-order valence-electron chi connectivity index (χ4n) is 2.76. The molecule has 0 saturated carbocycles. The molecule has 1 heteroatoms. The van der Waals surface area contributed by atoms with E-state index in [9.17, 15) is 5.11 Å². The van der Waals surface area contributed by atoms with Crippen LogP contribution in [-0.4, -0.2) is 11.2 Å². The van der Waals surface area contributed by atoms with E-state index in [1.54, 1.807) is 0 Å². The maximum atomic E-state index is 9.56. The molecule has 0 unspecified atom stereocenters. The topological polar surface area (TPSA) is 20.2 Å². The zero-order valence-corrected chi connectivity index (χ0v) is 11.5. The quantitative estimate of drug-likeness (QED) is 0.848.